The van der Waals surface area contributed by atoms with Crippen molar-refractivity contribution in [1.29, 1.82) is 0 Å². The number of benzene rings is 1. The molecular weight excluding hydrogens is 216 g/mol. The predicted octanol–water partition coefficient (Wildman–Crippen LogP) is 1.24. The average Bonchev–Trinajstić information content (AvgIpc) is 3.13. The van der Waals surface area contributed by atoms with Gasteiger partial charge in [0.1, 0.15) is 0 Å². The molecule has 1 amide bonds. The van der Waals surface area contributed by atoms with Gasteiger partial charge in [-0.1, -0.05) is 25.0 Å². The Morgan fingerprint density at radius 1 is 1.53 bits per heavy atom. The highest BCUT2D eigenvalue weighted by Crippen LogP contribution is 2.33. The van der Waals surface area contributed by atoms with Crippen LogP contribution in [0.4, 0.5) is 5.69 Å². The van der Waals surface area contributed by atoms with E-state index in [-0.39, 0.29) is 12.5 Å². The summed E-state index contributed by atoms with van der Waals surface area (Å²) in [4.78, 5) is 11.8. The van der Waals surface area contributed by atoms with Gasteiger partial charge in [0, 0.05) is 5.69 Å². The molecule has 1 aromatic rings. The average molecular weight is 234 g/mol. The number of aliphatic hydroxyl groups excluding tert-OH is 1. The number of nitrogens with two attached hydrogens (primary N) is 1. The van der Waals surface area contributed by atoms with Crippen LogP contribution >= 0.6 is 0 Å². The largest absolute Gasteiger partial charge is 0.392 e. The topological polar surface area (TPSA) is 75.4 Å². The summed E-state index contributed by atoms with van der Waals surface area (Å²) in [5.74, 6) is 0.492. The molecule has 4 N–H and O–H groups in total. The number of hydrogen-bond acceptors (Lipinski definition) is 3. The molecule has 1 aromatic carbocycles. The zero-order valence-corrected chi connectivity index (χ0v) is 9.73. The maximum Gasteiger partial charge on any atom is 0.241 e. The van der Waals surface area contributed by atoms with Gasteiger partial charge in [-0.05, 0) is 30.0 Å². The van der Waals surface area contributed by atoms with E-state index in [1.807, 2.05) is 0 Å². The van der Waals surface area contributed by atoms with E-state index in [1.54, 1.807) is 24.3 Å². The number of rotatable bonds is 5. The van der Waals surface area contributed by atoms with Crippen molar-refractivity contribution in [1.82, 2.24) is 0 Å². The van der Waals surface area contributed by atoms with Crippen LogP contribution in [0.1, 0.15) is 24.8 Å². The fourth-order valence-corrected chi connectivity index (χ4v) is 1.80. The summed E-state index contributed by atoms with van der Waals surface area (Å²) >= 11 is 0. The van der Waals surface area contributed by atoms with Crippen LogP contribution in [0.25, 0.3) is 0 Å². The second kappa shape index (κ2) is 5.29. The standard InChI is InChI=1S/C13H18N2O2/c14-12(7-9-4-5-9)13(17)15-11-3-1-2-10(6-11)8-16/h1-3,6,9,12,16H,4-5,7-8,14H2,(H,15,17). The number of hydrogen-bond donors (Lipinski definition) is 3. The first-order valence-electron chi connectivity index (χ1n) is 5.95. The van der Waals surface area contributed by atoms with Crippen molar-refractivity contribution in [3.63, 3.8) is 0 Å². The van der Waals surface area contributed by atoms with Crippen molar-refractivity contribution < 1.29 is 9.90 Å². The summed E-state index contributed by atoms with van der Waals surface area (Å²) in [5, 5.41) is 11.8. The van der Waals surface area contributed by atoms with Gasteiger partial charge < -0.3 is 16.2 Å². The monoisotopic (exact) mass is 234 g/mol. The SMILES string of the molecule is NC(CC1CC1)C(=O)Nc1cccc(CO)c1. The molecule has 0 radical (unpaired) electrons. The Labute approximate surface area is 101 Å². The van der Waals surface area contributed by atoms with Crippen molar-refractivity contribution in [3.05, 3.63) is 29.8 Å². The van der Waals surface area contributed by atoms with Crippen LogP contribution in [-0.4, -0.2) is 17.1 Å². The number of aliphatic hydroxyl groups is 1. The summed E-state index contributed by atoms with van der Waals surface area (Å²) in [6.07, 6.45) is 3.16. The van der Waals surface area contributed by atoms with Gasteiger partial charge in [-0.3, -0.25) is 4.79 Å². The number of nitrogens with one attached hydrogen (secondary N) is 1. The van der Waals surface area contributed by atoms with Gasteiger partial charge in [0.2, 0.25) is 5.91 Å². The van der Waals surface area contributed by atoms with E-state index in [4.69, 9.17) is 10.8 Å². The van der Waals surface area contributed by atoms with E-state index in [0.29, 0.717) is 11.6 Å². The molecule has 4 heteroatoms. The summed E-state index contributed by atoms with van der Waals surface area (Å²) in [6, 6.07) is 6.72. The van der Waals surface area contributed by atoms with Crippen LogP contribution in [0.3, 0.4) is 0 Å². The molecule has 4 nitrogen and oxygen atoms in total. The van der Waals surface area contributed by atoms with E-state index in [0.717, 1.165) is 12.0 Å². The first-order chi connectivity index (χ1) is 8.19. The highest BCUT2D eigenvalue weighted by molar-refractivity contribution is 5.94. The predicted molar refractivity (Wildman–Crippen MR) is 66.3 cm³/mol. The minimum absolute atomic E-state index is 0.0299. The van der Waals surface area contributed by atoms with Crippen LogP contribution < -0.4 is 11.1 Å². The molecule has 0 heterocycles. The third kappa shape index (κ3) is 3.54. The molecule has 2 rings (SSSR count). The highest BCUT2D eigenvalue weighted by atomic mass is 16.3. The molecule has 1 unspecified atom stereocenters. The maximum atomic E-state index is 11.8. The molecule has 0 aromatic heterocycles. The van der Waals surface area contributed by atoms with E-state index in [9.17, 15) is 4.79 Å². The third-order valence-electron chi connectivity index (χ3n) is 3.00. The van der Waals surface area contributed by atoms with Gasteiger partial charge in [-0.25, -0.2) is 0 Å². The van der Waals surface area contributed by atoms with Crippen molar-refractivity contribution in [2.24, 2.45) is 11.7 Å². The summed E-state index contributed by atoms with van der Waals surface area (Å²) < 4.78 is 0. The zero-order chi connectivity index (χ0) is 12.3. The smallest absolute Gasteiger partial charge is 0.241 e. The second-order valence-electron chi connectivity index (χ2n) is 4.63. The van der Waals surface area contributed by atoms with Crippen molar-refractivity contribution in [2.75, 3.05) is 5.32 Å². The molecule has 0 spiro atoms. The Kier molecular flexibility index (Phi) is 3.76. The van der Waals surface area contributed by atoms with Gasteiger partial charge in [-0.2, -0.15) is 0 Å². The fourth-order valence-electron chi connectivity index (χ4n) is 1.80. The molecule has 1 fully saturated rings. The third-order valence-corrected chi connectivity index (χ3v) is 3.00. The Morgan fingerprint density at radius 2 is 2.29 bits per heavy atom. The molecule has 1 atom stereocenters. The quantitative estimate of drug-likeness (QED) is 0.717. The van der Waals surface area contributed by atoms with Crippen LogP contribution in [-0.2, 0) is 11.4 Å². The molecule has 92 valence electrons. The molecular formula is C13H18N2O2. The lowest BCUT2D eigenvalue weighted by molar-refractivity contribution is -0.117. The van der Waals surface area contributed by atoms with E-state index < -0.39 is 6.04 Å². The van der Waals surface area contributed by atoms with Crippen LogP contribution in [0.5, 0.6) is 0 Å². The fraction of sp³-hybridized carbons (Fsp3) is 0.462. The van der Waals surface area contributed by atoms with Crippen LogP contribution in [0.2, 0.25) is 0 Å². The van der Waals surface area contributed by atoms with E-state index >= 15 is 0 Å². The number of amides is 1. The van der Waals surface area contributed by atoms with Gasteiger partial charge in [0.25, 0.3) is 0 Å². The zero-order valence-electron chi connectivity index (χ0n) is 9.73. The summed E-state index contributed by atoms with van der Waals surface area (Å²) in [7, 11) is 0. The molecule has 17 heavy (non-hydrogen) atoms. The normalized spacial score (nSPS) is 16.6. The Bertz CT molecular complexity index is 402. The number of anilines is 1. The Balaban J connectivity index is 1.91. The maximum absolute atomic E-state index is 11.8. The molecule has 0 saturated heterocycles. The van der Waals surface area contributed by atoms with Gasteiger partial charge in [0.05, 0.1) is 12.6 Å². The van der Waals surface area contributed by atoms with Gasteiger partial charge in [-0.15, -0.1) is 0 Å². The Hall–Kier alpha value is -1.39. The molecule has 1 aliphatic carbocycles. The molecule has 1 saturated carbocycles. The van der Waals surface area contributed by atoms with E-state index in [1.165, 1.54) is 12.8 Å². The van der Waals surface area contributed by atoms with Crippen molar-refractivity contribution in [3.8, 4) is 0 Å². The minimum Gasteiger partial charge on any atom is -0.392 e. The molecule has 1 aliphatic rings. The molecule has 0 aliphatic heterocycles. The van der Waals surface area contributed by atoms with Crippen molar-refractivity contribution >= 4 is 11.6 Å². The summed E-state index contributed by atoms with van der Waals surface area (Å²) in [6.45, 7) is -0.0299. The lowest BCUT2D eigenvalue weighted by atomic mass is 10.1. The van der Waals surface area contributed by atoms with Gasteiger partial charge >= 0.3 is 0 Å². The lowest BCUT2D eigenvalue weighted by Crippen LogP contribution is -2.36. The van der Waals surface area contributed by atoms with Crippen LogP contribution in [0, 0.1) is 5.92 Å². The first kappa shape index (κ1) is 12.1. The molecule has 0 bridgehead atoms. The van der Waals surface area contributed by atoms with Crippen LogP contribution in [0.15, 0.2) is 24.3 Å². The lowest BCUT2D eigenvalue weighted by Gasteiger charge is -2.12. The van der Waals surface area contributed by atoms with Gasteiger partial charge in [0.15, 0.2) is 0 Å². The highest BCUT2D eigenvalue weighted by Gasteiger charge is 2.26. The Morgan fingerprint density at radius 3 is 2.94 bits per heavy atom. The minimum atomic E-state index is -0.430. The number of carbonyl (C=O) groups excluding carboxylic acids is 1. The first-order valence-corrected chi connectivity index (χ1v) is 5.95. The second-order valence-corrected chi connectivity index (χ2v) is 4.63. The number of carbonyl (C=O) groups is 1. The van der Waals surface area contributed by atoms with E-state index in [2.05, 4.69) is 5.32 Å². The van der Waals surface area contributed by atoms with Crippen molar-refractivity contribution in [2.45, 2.75) is 31.9 Å². The summed E-state index contributed by atoms with van der Waals surface area (Å²) in [5.41, 5.74) is 7.28.